The third kappa shape index (κ3) is 3.76. The van der Waals surface area contributed by atoms with Crippen LogP contribution in [0.25, 0.3) is 5.65 Å². The van der Waals surface area contributed by atoms with Crippen LogP contribution in [-0.4, -0.2) is 26.3 Å². The van der Waals surface area contributed by atoms with Gasteiger partial charge in [0, 0.05) is 6.20 Å². The van der Waals surface area contributed by atoms with E-state index in [2.05, 4.69) is 46.7 Å². The summed E-state index contributed by atoms with van der Waals surface area (Å²) in [4.78, 5) is 12.2. The number of aryl methyl sites for hydroxylation is 1. The zero-order valence-electron chi connectivity index (χ0n) is 13.8. The van der Waals surface area contributed by atoms with Gasteiger partial charge in [0.1, 0.15) is 0 Å². The van der Waals surface area contributed by atoms with E-state index in [0.29, 0.717) is 5.75 Å². The minimum atomic E-state index is -0.0147. The van der Waals surface area contributed by atoms with E-state index in [0.717, 1.165) is 22.8 Å². The third-order valence-electron chi connectivity index (χ3n) is 3.88. The number of thioether (sulfide) groups is 1. The highest BCUT2D eigenvalue weighted by molar-refractivity contribution is 7.99. The Hall–Kier alpha value is -2.34. The lowest BCUT2D eigenvalue weighted by Crippen LogP contribution is -2.28. The van der Waals surface area contributed by atoms with Crippen LogP contribution in [-0.2, 0) is 11.2 Å². The summed E-state index contributed by atoms with van der Waals surface area (Å²) in [6.07, 6.45) is 2.91. The van der Waals surface area contributed by atoms with Crippen molar-refractivity contribution in [3.05, 3.63) is 59.8 Å². The first-order valence-corrected chi connectivity index (χ1v) is 8.96. The first-order valence-electron chi connectivity index (χ1n) is 7.98. The van der Waals surface area contributed by atoms with Crippen molar-refractivity contribution in [1.82, 2.24) is 19.9 Å². The first-order chi connectivity index (χ1) is 11.7. The number of fused-ring (bicyclic) bond motifs is 1. The average molecular weight is 340 g/mol. The predicted molar refractivity (Wildman–Crippen MR) is 96.1 cm³/mol. The normalized spacial score (nSPS) is 12.2. The lowest BCUT2D eigenvalue weighted by atomic mass is 10.1. The van der Waals surface area contributed by atoms with Gasteiger partial charge in [-0.25, -0.2) is 0 Å². The van der Waals surface area contributed by atoms with Crippen LogP contribution in [0.3, 0.4) is 0 Å². The van der Waals surface area contributed by atoms with E-state index in [1.165, 1.54) is 17.3 Å². The lowest BCUT2D eigenvalue weighted by Gasteiger charge is -2.14. The van der Waals surface area contributed by atoms with Gasteiger partial charge in [-0.3, -0.25) is 9.20 Å². The molecule has 0 saturated heterocycles. The molecule has 0 spiro atoms. The van der Waals surface area contributed by atoms with Gasteiger partial charge >= 0.3 is 0 Å². The van der Waals surface area contributed by atoms with Crippen LogP contribution in [0.4, 0.5) is 0 Å². The van der Waals surface area contributed by atoms with Crippen molar-refractivity contribution >= 4 is 23.3 Å². The van der Waals surface area contributed by atoms with Gasteiger partial charge in [-0.15, -0.1) is 10.2 Å². The van der Waals surface area contributed by atoms with E-state index in [1.54, 1.807) is 0 Å². The maximum absolute atomic E-state index is 12.2. The van der Waals surface area contributed by atoms with Gasteiger partial charge in [-0.1, -0.05) is 49.0 Å². The van der Waals surface area contributed by atoms with Gasteiger partial charge in [0.15, 0.2) is 10.8 Å². The largest absolute Gasteiger partial charge is 0.349 e. The highest BCUT2D eigenvalue weighted by atomic mass is 32.2. The van der Waals surface area contributed by atoms with E-state index < -0.39 is 0 Å². The molecule has 124 valence electrons. The molecule has 1 amide bonds. The molecule has 1 N–H and O–H groups in total. The van der Waals surface area contributed by atoms with Gasteiger partial charge in [0.25, 0.3) is 0 Å². The molecule has 3 aromatic rings. The molecule has 1 atom stereocenters. The Morgan fingerprint density at radius 2 is 2.00 bits per heavy atom. The second-order valence-electron chi connectivity index (χ2n) is 5.58. The molecular formula is C18H20N4OS. The summed E-state index contributed by atoms with van der Waals surface area (Å²) in [6, 6.07) is 14.1. The Labute approximate surface area is 145 Å². The highest BCUT2D eigenvalue weighted by Crippen LogP contribution is 2.18. The quantitative estimate of drug-likeness (QED) is 0.700. The average Bonchev–Trinajstić information content (AvgIpc) is 3.03. The summed E-state index contributed by atoms with van der Waals surface area (Å²) in [5.41, 5.74) is 3.19. The van der Waals surface area contributed by atoms with Crippen LogP contribution in [0.5, 0.6) is 0 Å². The van der Waals surface area contributed by atoms with Crippen molar-refractivity contribution in [2.24, 2.45) is 0 Å². The maximum atomic E-state index is 12.2. The molecule has 5 nitrogen and oxygen atoms in total. The topological polar surface area (TPSA) is 59.3 Å². The minimum absolute atomic E-state index is 0.0141. The molecule has 0 aliphatic rings. The van der Waals surface area contributed by atoms with Gasteiger partial charge in [0.2, 0.25) is 5.91 Å². The maximum Gasteiger partial charge on any atom is 0.230 e. The fourth-order valence-electron chi connectivity index (χ4n) is 2.46. The third-order valence-corrected chi connectivity index (χ3v) is 4.82. The van der Waals surface area contributed by atoms with Crippen LogP contribution in [0.1, 0.15) is 31.0 Å². The fraction of sp³-hybridized carbons (Fsp3) is 0.278. The molecule has 24 heavy (non-hydrogen) atoms. The lowest BCUT2D eigenvalue weighted by molar-refractivity contribution is -0.119. The summed E-state index contributed by atoms with van der Waals surface area (Å²) in [5.74, 6) is 0.298. The summed E-state index contributed by atoms with van der Waals surface area (Å²) < 4.78 is 1.88. The van der Waals surface area contributed by atoms with Crippen LogP contribution in [0.2, 0.25) is 0 Å². The summed E-state index contributed by atoms with van der Waals surface area (Å²) in [5, 5.41) is 12.0. The molecule has 0 radical (unpaired) electrons. The number of aromatic nitrogens is 3. The van der Waals surface area contributed by atoms with E-state index in [4.69, 9.17) is 0 Å². The van der Waals surface area contributed by atoms with Crippen LogP contribution in [0.15, 0.2) is 53.8 Å². The first kappa shape index (κ1) is 16.5. The fourth-order valence-corrected chi connectivity index (χ4v) is 3.19. The van der Waals surface area contributed by atoms with Crippen molar-refractivity contribution in [2.75, 3.05) is 5.75 Å². The minimum Gasteiger partial charge on any atom is -0.349 e. The number of carbonyl (C=O) groups excluding carboxylic acids is 1. The summed E-state index contributed by atoms with van der Waals surface area (Å²) in [6.45, 7) is 4.13. The Kier molecular flexibility index (Phi) is 5.15. The smallest absolute Gasteiger partial charge is 0.230 e. The van der Waals surface area contributed by atoms with E-state index in [9.17, 15) is 4.79 Å². The SMILES string of the molecule is CCc1ccc([C@@H](C)NC(=O)CSc2nnc3ccccn23)cc1. The van der Waals surface area contributed by atoms with Gasteiger partial charge in [-0.05, 0) is 36.6 Å². The van der Waals surface area contributed by atoms with Crippen molar-refractivity contribution in [1.29, 1.82) is 0 Å². The number of benzene rings is 1. The molecule has 0 saturated carbocycles. The standard InChI is InChI=1S/C18H20N4OS/c1-3-14-7-9-15(10-8-14)13(2)19-17(23)12-24-18-21-20-16-6-4-5-11-22(16)18/h4-11,13H,3,12H2,1-2H3,(H,19,23)/t13-/m1/s1. The zero-order valence-corrected chi connectivity index (χ0v) is 14.6. The molecule has 2 aromatic heterocycles. The Morgan fingerprint density at radius 3 is 2.75 bits per heavy atom. The molecule has 0 bridgehead atoms. The highest BCUT2D eigenvalue weighted by Gasteiger charge is 2.12. The molecule has 2 heterocycles. The molecule has 6 heteroatoms. The van der Waals surface area contributed by atoms with Crippen molar-refractivity contribution in [2.45, 2.75) is 31.5 Å². The number of nitrogens with zero attached hydrogens (tertiary/aromatic N) is 3. The molecular weight excluding hydrogens is 320 g/mol. The zero-order chi connectivity index (χ0) is 16.9. The molecule has 0 aliphatic carbocycles. The van der Waals surface area contributed by atoms with Gasteiger partial charge < -0.3 is 5.32 Å². The van der Waals surface area contributed by atoms with Gasteiger partial charge in [-0.2, -0.15) is 0 Å². The van der Waals surface area contributed by atoms with Crippen molar-refractivity contribution in [3.63, 3.8) is 0 Å². The summed E-state index contributed by atoms with van der Waals surface area (Å²) >= 11 is 1.39. The van der Waals surface area contributed by atoms with E-state index in [-0.39, 0.29) is 11.9 Å². The monoisotopic (exact) mass is 340 g/mol. The Morgan fingerprint density at radius 1 is 1.21 bits per heavy atom. The van der Waals surface area contributed by atoms with Crippen molar-refractivity contribution < 1.29 is 4.79 Å². The second kappa shape index (κ2) is 7.49. The predicted octanol–water partition coefficient (Wildman–Crippen LogP) is 3.26. The summed E-state index contributed by atoms with van der Waals surface area (Å²) in [7, 11) is 0. The molecule has 0 aliphatic heterocycles. The second-order valence-corrected chi connectivity index (χ2v) is 6.53. The van der Waals surface area contributed by atoms with Crippen molar-refractivity contribution in [3.8, 4) is 0 Å². The number of hydrogen-bond donors (Lipinski definition) is 1. The van der Waals surface area contributed by atoms with Crippen LogP contribution >= 0.6 is 11.8 Å². The molecule has 3 rings (SSSR count). The number of hydrogen-bond acceptors (Lipinski definition) is 4. The van der Waals surface area contributed by atoms with E-state index in [1.807, 2.05) is 35.7 Å². The Bertz CT molecular complexity index is 828. The number of pyridine rings is 1. The molecule has 0 fully saturated rings. The number of rotatable bonds is 6. The molecule has 1 aromatic carbocycles. The van der Waals surface area contributed by atoms with E-state index >= 15 is 0 Å². The van der Waals surface area contributed by atoms with Crippen LogP contribution < -0.4 is 5.32 Å². The molecule has 0 unspecified atom stereocenters. The number of carbonyl (C=O) groups is 1. The number of nitrogens with one attached hydrogen (secondary N) is 1. The van der Waals surface area contributed by atoms with Crippen LogP contribution in [0, 0.1) is 0 Å². The number of amides is 1. The Balaban J connectivity index is 1.57. The van der Waals surface area contributed by atoms with Gasteiger partial charge in [0.05, 0.1) is 11.8 Å².